The largest absolute Gasteiger partial charge is 0.372 e. The molecule has 2 saturated heterocycles. The highest BCUT2D eigenvalue weighted by Crippen LogP contribution is 2.25. The van der Waals surface area contributed by atoms with Gasteiger partial charge in [0.2, 0.25) is 0 Å². The van der Waals surface area contributed by atoms with Crippen LogP contribution in [-0.4, -0.2) is 42.0 Å². The van der Waals surface area contributed by atoms with Crippen LogP contribution in [0.4, 0.5) is 11.4 Å². The normalized spacial score (nSPS) is 18.0. The summed E-state index contributed by atoms with van der Waals surface area (Å²) in [7, 11) is 0. The maximum atomic E-state index is 12.7. The minimum atomic E-state index is -0.0524. The van der Waals surface area contributed by atoms with Gasteiger partial charge < -0.3 is 10.2 Å². The third kappa shape index (κ3) is 4.50. The molecule has 0 radical (unpaired) electrons. The molecule has 1 aromatic carbocycles. The molecule has 6 heteroatoms. The van der Waals surface area contributed by atoms with Gasteiger partial charge in [0, 0.05) is 24.5 Å². The van der Waals surface area contributed by atoms with Gasteiger partial charge in [0.05, 0.1) is 12.2 Å². The van der Waals surface area contributed by atoms with E-state index in [0.29, 0.717) is 0 Å². The van der Waals surface area contributed by atoms with E-state index in [1.807, 2.05) is 19.1 Å². The van der Waals surface area contributed by atoms with Crippen LogP contribution in [0, 0.1) is 6.92 Å². The van der Waals surface area contributed by atoms with Crippen molar-refractivity contribution >= 4 is 28.6 Å². The quantitative estimate of drug-likeness (QED) is 0.835. The van der Waals surface area contributed by atoms with Crippen LogP contribution in [0.15, 0.2) is 24.3 Å². The zero-order valence-corrected chi connectivity index (χ0v) is 16.9. The summed E-state index contributed by atoms with van der Waals surface area (Å²) in [4.78, 5) is 22.9. The molecule has 2 fully saturated rings. The van der Waals surface area contributed by atoms with Crippen molar-refractivity contribution in [1.82, 2.24) is 9.88 Å². The first-order valence-corrected chi connectivity index (χ1v) is 10.9. The number of nitrogens with zero attached hydrogens (tertiary/aromatic N) is 3. The minimum Gasteiger partial charge on any atom is -0.372 e. The number of hydrogen-bond acceptors (Lipinski definition) is 5. The maximum absolute atomic E-state index is 12.7. The second-order valence-corrected chi connectivity index (χ2v) is 8.64. The molecule has 144 valence electrons. The lowest BCUT2D eigenvalue weighted by Crippen LogP contribution is -2.29. The summed E-state index contributed by atoms with van der Waals surface area (Å²) in [6.07, 6.45) is 6.40. The van der Waals surface area contributed by atoms with E-state index in [-0.39, 0.29) is 5.91 Å². The number of carbonyl (C=O) groups excluding carboxylic acids is 1. The molecule has 3 heterocycles. The molecular formula is C21H28N4OS. The van der Waals surface area contributed by atoms with Crippen LogP contribution in [0.25, 0.3) is 0 Å². The van der Waals surface area contributed by atoms with Crippen molar-refractivity contribution in [1.29, 1.82) is 0 Å². The molecule has 4 rings (SSSR count). The number of anilines is 2. The zero-order chi connectivity index (χ0) is 18.6. The smallest absolute Gasteiger partial charge is 0.267 e. The second-order valence-electron chi connectivity index (χ2n) is 7.55. The van der Waals surface area contributed by atoms with Gasteiger partial charge in [-0.1, -0.05) is 0 Å². The number of thiazole rings is 1. The van der Waals surface area contributed by atoms with E-state index < -0.39 is 0 Å². The van der Waals surface area contributed by atoms with Crippen molar-refractivity contribution < 1.29 is 4.79 Å². The fourth-order valence-electron chi connectivity index (χ4n) is 3.96. The van der Waals surface area contributed by atoms with Gasteiger partial charge in [-0.2, -0.15) is 0 Å². The number of aromatic nitrogens is 1. The van der Waals surface area contributed by atoms with Gasteiger partial charge in [-0.05, 0) is 76.4 Å². The van der Waals surface area contributed by atoms with Crippen LogP contribution in [0.2, 0.25) is 0 Å². The van der Waals surface area contributed by atoms with E-state index in [0.717, 1.165) is 54.0 Å². The van der Waals surface area contributed by atoms with E-state index in [1.54, 1.807) is 0 Å². The van der Waals surface area contributed by atoms with Crippen molar-refractivity contribution in [2.24, 2.45) is 0 Å². The monoisotopic (exact) mass is 384 g/mol. The molecule has 0 atom stereocenters. The molecule has 0 aliphatic carbocycles. The predicted molar refractivity (Wildman–Crippen MR) is 112 cm³/mol. The molecule has 2 aromatic rings. The summed E-state index contributed by atoms with van der Waals surface area (Å²) in [5.41, 5.74) is 2.92. The number of aryl methyl sites for hydroxylation is 1. The third-order valence-electron chi connectivity index (χ3n) is 5.45. The van der Waals surface area contributed by atoms with Crippen LogP contribution in [0.5, 0.6) is 0 Å². The third-order valence-corrected chi connectivity index (χ3v) is 6.59. The molecule has 2 aliphatic heterocycles. The average molecular weight is 385 g/mol. The fourth-order valence-corrected chi connectivity index (χ4v) is 4.96. The molecular weight excluding hydrogens is 356 g/mol. The summed E-state index contributed by atoms with van der Waals surface area (Å²) < 4.78 is 0. The van der Waals surface area contributed by atoms with Crippen LogP contribution in [0.3, 0.4) is 0 Å². The van der Waals surface area contributed by atoms with E-state index in [9.17, 15) is 4.79 Å². The van der Waals surface area contributed by atoms with Crippen LogP contribution < -0.4 is 10.2 Å². The molecule has 0 bridgehead atoms. The Labute approximate surface area is 165 Å². The van der Waals surface area contributed by atoms with Crippen LogP contribution in [0.1, 0.15) is 52.5 Å². The summed E-state index contributed by atoms with van der Waals surface area (Å²) in [5.74, 6) is -0.0524. The van der Waals surface area contributed by atoms with Crippen molar-refractivity contribution in [2.75, 3.05) is 36.4 Å². The number of nitrogens with one attached hydrogen (secondary N) is 1. The first-order valence-electron chi connectivity index (χ1n) is 10.0. The first-order chi connectivity index (χ1) is 13.2. The Kier molecular flexibility index (Phi) is 5.74. The van der Waals surface area contributed by atoms with Gasteiger partial charge in [-0.3, -0.25) is 9.69 Å². The van der Waals surface area contributed by atoms with Crippen molar-refractivity contribution in [2.45, 2.75) is 45.6 Å². The number of likely N-dealkylation sites (tertiary alicyclic amines) is 1. The standard InChI is InChI=1S/C21H28N4OS/c1-16-20(27-19(22-16)15-24-11-5-6-12-24)21(26)23-17-7-9-18(10-8-17)25-13-3-2-4-14-25/h7-10H,2-6,11-15H2,1H3,(H,23,26). The highest BCUT2D eigenvalue weighted by atomic mass is 32.1. The number of hydrogen-bond donors (Lipinski definition) is 1. The number of rotatable bonds is 5. The Hall–Kier alpha value is -1.92. The van der Waals surface area contributed by atoms with Crippen molar-refractivity contribution in [3.05, 3.63) is 39.8 Å². The van der Waals surface area contributed by atoms with Gasteiger partial charge in [-0.25, -0.2) is 4.98 Å². The van der Waals surface area contributed by atoms with E-state index >= 15 is 0 Å². The van der Waals surface area contributed by atoms with E-state index in [4.69, 9.17) is 0 Å². The molecule has 2 aliphatic rings. The minimum absolute atomic E-state index is 0.0524. The molecule has 5 nitrogen and oxygen atoms in total. The lowest BCUT2D eigenvalue weighted by Gasteiger charge is -2.28. The van der Waals surface area contributed by atoms with Gasteiger partial charge in [0.15, 0.2) is 0 Å². The molecule has 1 amide bonds. The summed E-state index contributed by atoms with van der Waals surface area (Å²) >= 11 is 1.53. The Morgan fingerprint density at radius 2 is 1.70 bits per heavy atom. The van der Waals surface area contributed by atoms with Gasteiger partial charge >= 0.3 is 0 Å². The SMILES string of the molecule is Cc1nc(CN2CCCC2)sc1C(=O)Nc1ccc(N2CCCCC2)cc1. The molecule has 0 unspecified atom stereocenters. The number of piperidine rings is 1. The van der Waals surface area contributed by atoms with Gasteiger partial charge in [0.25, 0.3) is 5.91 Å². The average Bonchev–Trinajstić information content (AvgIpc) is 3.33. The van der Waals surface area contributed by atoms with Crippen molar-refractivity contribution in [3.8, 4) is 0 Å². The molecule has 0 spiro atoms. The highest BCUT2D eigenvalue weighted by Gasteiger charge is 2.19. The summed E-state index contributed by atoms with van der Waals surface area (Å²) in [5, 5.41) is 4.08. The fraction of sp³-hybridized carbons (Fsp3) is 0.524. The molecule has 1 aromatic heterocycles. The Balaban J connectivity index is 1.39. The maximum Gasteiger partial charge on any atom is 0.267 e. The van der Waals surface area contributed by atoms with E-state index in [2.05, 4.69) is 32.2 Å². The Morgan fingerprint density at radius 3 is 2.41 bits per heavy atom. The Bertz CT molecular complexity index is 774. The number of benzene rings is 1. The lowest BCUT2D eigenvalue weighted by atomic mass is 10.1. The zero-order valence-electron chi connectivity index (χ0n) is 16.0. The van der Waals surface area contributed by atoms with Gasteiger partial charge in [0.1, 0.15) is 9.88 Å². The first kappa shape index (κ1) is 18.4. The molecule has 1 N–H and O–H groups in total. The lowest BCUT2D eigenvalue weighted by molar-refractivity contribution is 0.103. The van der Waals surface area contributed by atoms with Crippen LogP contribution in [-0.2, 0) is 6.54 Å². The Morgan fingerprint density at radius 1 is 1.04 bits per heavy atom. The predicted octanol–water partition coefficient (Wildman–Crippen LogP) is 4.29. The topological polar surface area (TPSA) is 48.5 Å². The van der Waals surface area contributed by atoms with Crippen molar-refractivity contribution in [3.63, 3.8) is 0 Å². The highest BCUT2D eigenvalue weighted by molar-refractivity contribution is 7.13. The number of amides is 1. The second kappa shape index (κ2) is 8.40. The summed E-state index contributed by atoms with van der Waals surface area (Å²) in [6, 6.07) is 8.23. The van der Waals surface area contributed by atoms with Gasteiger partial charge in [-0.15, -0.1) is 11.3 Å². The summed E-state index contributed by atoms with van der Waals surface area (Å²) in [6.45, 7) is 7.34. The van der Waals surface area contributed by atoms with Crippen LogP contribution >= 0.6 is 11.3 Å². The molecule has 27 heavy (non-hydrogen) atoms. The molecule has 0 saturated carbocycles. The number of carbonyl (C=O) groups is 1. The van der Waals surface area contributed by atoms with E-state index in [1.165, 1.54) is 49.1 Å².